The van der Waals surface area contributed by atoms with Gasteiger partial charge in [0.25, 0.3) is 0 Å². The average molecular weight is 454 g/mol. The molecule has 0 saturated heterocycles. The molecule has 0 spiro atoms. The third-order valence-corrected chi connectivity index (χ3v) is 7.02. The van der Waals surface area contributed by atoms with Gasteiger partial charge in [-0.1, -0.05) is 31.0 Å². The van der Waals surface area contributed by atoms with Crippen LogP contribution in [0.3, 0.4) is 0 Å². The van der Waals surface area contributed by atoms with E-state index in [-0.39, 0.29) is 5.94 Å². The Kier molecular flexibility index (Phi) is 6.89. The summed E-state index contributed by atoms with van der Waals surface area (Å²) < 4.78 is 22.8. The molecule has 0 bridgehead atoms. The standard InChI is InChI=1S/C24H27N3O2S2/c1-3-13-30-26-18-9-7-17(8-10-18)24-22(15-25)21-12-11-20(29-16-31(2)28)14-23(21)27(24)19-5-4-6-19/h7-12,14,19,26H,3-6,13,16H2,1-2H3. The highest BCUT2D eigenvalue weighted by atomic mass is 32.2. The Morgan fingerprint density at radius 3 is 2.65 bits per heavy atom. The van der Waals surface area contributed by atoms with E-state index in [2.05, 4.69) is 46.5 Å². The molecule has 1 unspecified atom stereocenters. The van der Waals surface area contributed by atoms with Crippen LogP contribution in [-0.4, -0.2) is 26.7 Å². The van der Waals surface area contributed by atoms with Gasteiger partial charge in [0.2, 0.25) is 0 Å². The van der Waals surface area contributed by atoms with Gasteiger partial charge in [-0.3, -0.25) is 4.21 Å². The van der Waals surface area contributed by atoms with Gasteiger partial charge in [0.05, 0.1) is 27.6 Å². The van der Waals surface area contributed by atoms with E-state index in [1.807, 2.05) is 18.2 Å². The van der Waals surface area contributed by atoms with Crippen molar-refractivity contribution in [3.05, 3.63) is 48.0 Å². The smallest absolute Gasteiger partial charge is 0.162 e. The van der Waals surface area contributed by atoms with Crippen molar-refractivity contribution >= 4 is 39.3 Å². The third-order valence-electron chi connectivity index (χ3n) is 5.57. The molecule has 1 aromatic heterocycles. The summed E-state index contributed by atoms with van der Waals surface area (Å²) in [4.78, 5) is 0. The number of nitrogens with zero attached hydrogens (tertiary/aromatic N) is 2. The number of fused-ring (bicyclic) bond motifs is 1. The van der Waals surface area contributed by atoms with Crippen LogP contribution in [0, 0.1) is 11.3 Å². The van der Waals surface area contributed by atoms with E-state index < -0.39 is 10.8 Å². The Morgan fingerprint density at radius 1 is 1.26 bits per heavy atom. The molecule has 162 valence electrons. The SMILES string of the molecule is CCCSNc1ccc(-c2c(C#N)c3ccc(OCS(C)=O)cc3n2C2CCC2)cc1. The quantitative estimate of drug-likeness (QED) is 0.314. The van der Waals surface area contributed by atoms with Crippen molar-refractivity contribution < 1.29 is 8.95 Å². The van der Waals surface area contributed by atoms with Crippen molar-refractivity contribution in [2.75, 3.05) is 22.7 Å². The summed E-state index contributed by atoms with van der Waals surface area (Å²) in [6, 6.07) is 17.0. The third kappa shape index (κ3) is 4.60. The van der Waals surface area contributed by atoms with Crippen LogP contribution in [0.1, 0.15) is 44.2 Å². The number of hydrogen-bond donors (Lipinski definition) is 1. The molecular weight excluding hydrogens is 426 g/mol. The fraction of sp³-hybridized carbons (Fsp3) is 0.375. The van der Waals surface area contributed by atoms with Crippen LogP contribution < -0.4 is 9.46 Å². The Balaban J connectivity index is 1.78. The summed E-state index contributed by atoms with van der Waals surface area (Å²) in [6.45, 7) is 2.17. The van der Waals surface area contributed by atoms with E-state index >= 15 is 0 Å². The van der Waals surface area contributed by atoms with Crippen LogP contribution in [0.25, 0.3) is 22.2 Å². The molecule has 1 heterocycles. The predicted molar refractivity (Wildman–Crippen MR) is 131 cm³/mol. The minimum atomic E-state index is -1.03. The average Bonchev–Trinajstić information content (AvgIpc) is 3.05. The maximum absolute atomic E-state index is 11.4. The van der Waals surface area contributed by atoms with Crippen LogP contribution in [0.5, 0.6) is 5.75 Å². The zero-order valence-electron chi connectivity index (χ0n) is 17.9. The normalized spacial score (nSPS) is 14.7. The van der Waals surface area contributed by atoms with Crippen molar-refractivity contribution in [2.24, 2.45) is 0 Å². The highest BCUT2D eigenvalue weighted by Gasteiger charge is 2.28. The molecule has 0 radical (unpaired) electrons. The highest BCUT2D eigenvalue weighted by Crippen LogP contribution is 2.43. The van der Waals surface area contributed by atoms with Crippen molar-refractivity contribution in [1.29, 1.82) is 5.26 Å². The van der Waals surface area contributed by atoms with Crippen molar-refractivity contribution in [3.63, 3.8) is 0 Å². The van der Waals surface area contributed by atoms with Gasteiger partial charge in [-0.25, -0.2) is 0 Å². The first-order valence-corrected chi connectivity index (χ1v) is 13.3. The number of benzene rings is 2. The lowest BCUT2D eigenvalue weighted by molar-refractivity contribution is 0.323. The van der Waals surface area contributed by atoms with Gasteiger partial charge in [0.15, 0.2) is 5.94 Å². The lowest BCUT2D eigenvalue weighted by Crippen LogP contribution is -2.17. The van der Waals surface area contributed by atoms with Crippen LogP contribution in [0.2, 0.25) is 0 Å². The molecule has 1 saturated carbocycles. The van der Waals surface area contributed by atoms with Gasteiger partial charge in [0.1, 0.15) is 11.8 Å². The van der Waals surface area contributed by atoms with E-state index in [1.165, 1.54) is 6.42 Å². The predicted octanol–water partition coefficient (Wildman–Crippen LogP) is 6.09. The summed E-state index contributed by atoms with van der Waals surface area (Å²) >= 11 is 1.71. The summed E-state index contributed by atoms with van der Waals surface area (Å²) in [5.74, 6) is 1.91. The Labute approximate surface area is 190 Å². The molecule has 5 nitrogen and oxygen atoms in total. The molecule has 1 aliphatic carbocycles. The fourth-order valence-electron chi connectivity index (χ4n) is 3.88. The highest BCUT2D eigenvalue weighted by molar-refractivity contribution is 8.00. The van der Waals surface area contributed by atoms with E-state index in [0.717, 1.165) is 52.9 Å². The molecule has 31 heavy (non-hydrogen) atoms. The summed E-state index contributed by atoms with van der Waals surface area (Å²) in [7, 11) is -1.03. The minimum absolute atomic E-state index is 0.165. The second-order valence-corrected chi connectivity index (χ2v) is 10.1. The largest absolute Gasteiger partial charge is 0.480 e. The molecular formula is C24H27N3O2S2. The fourth-order valence-corrected chi connectivity index (χ4v) is 4.80. The molecule has 7 heteroatoms. The molecule has 0 aliphatic heterocycles. The number of hydrogen-bond acceptors (Lipinski definition) is 5. The van der Waals surface area contributed by atoms with E-state index in [1.54, 1.807) is 18.2 Å². The zero-order chi connectivity index (χ0) is 21.8. The number of rotatable bonds is 9. The second kappa shape index (κ2) is 9.80. The van der Waals surface area contributed by atoms with Crippen molar-refractivity contribution in [1.82, 2.24) is 4.57 Å². The molecule has 1 atom stereocenters. The Bertz CT molecular complexity index is 1130. The summed E-state index contributed by atoms with van der Waals surface area (Å²) in [5.41, 5.74) is 4.80. The Morgan fingerprint density at radius 2 is 2.03 bits per heavy atom. The molecule has 2 aromatic carbocycles. The number of aromatic nitrogens is 1. The lowest BCUT2D eigenvalue weighted by Gasteiger charge is -2.30. The van der Waals surface area contributed by atoms with E-state index in [0.29, 0.717) is 17.4 Å². The van der Waals surface area contributed by atoms with Crippen LogP contribution in [0.4, 0.5) is 5.69 Å². The maximum atomic E-state index is 11.4. The molecule has 1 aliphatic rings. The van der Waals surface area contributed by atoms with Crippen LogP contribution in [0.15, 0.2) is 42.5 Å². The zero-order valence-corrected chi connectivity index (χ0v) is 19.5. The minimum Gasteiger partial charge on any atom is -0.480 e. The topological polar surface area (TPSA) is 67.0 Å². The van der Waals surface area contributed by atoms with Crippen LogP contribution >= 0.6 is 11.9 Å². The lowest BCUT2D eigenvalue weighted by atomic mass is 9.92. The number of nitriles is 1. The van der Waals surface area contributed by atoms with Gasteiger partial charge in [-0.2, -0.15) is 5.26 Å². The number of anilines is 1. The first-order valence-electron chi connectivity index (χ1n) is 10.6. The van der Waals surface area contributed by atoms with Gasteiger partial charge in [-0.05, 0) is 55.5 Å². The van der Waals surface area contributed by atoms with E-state index in [9.17, 15) is 9.47 Å². The van der Waals surface area contributed by atoms with Gasteiger partial charge >= 0.3 is 0 Å². The number of nitrogens with one attached hydrogen (secondary N) is 1. The first-order chi connectivity index (χ1) is 15.1. The maximum Gasteiger partial charge on any atom is 0.162 e. The molecule has 1 N–H and O–H groups in total. The van der Waals surface area contributed by atoms with Gasteiger partial charge in [0, 0.05) is 35.2 Å². The van der Waals surface area contributed by atoms with Crippen molar-refractivity contribution in [2.45, 2.75) is 38.6 Å². The number of ether oxygens (including phenoxy) is 1. The summed E-state index contributed by atoms with van der Waals surface area (Å²) in [6.07, 6.45) is 6.18. The second-order valence-electron chi connectivity index (χ2n) is 7.83. The summed E-state index contributed by atoms with van der Waals surface area (Å²) in [5, 5.41) is 11.0. The molecule has 1 fully saturated rings. The molecule has 4 rings (SSSR count). The monoisotopic (exact) mass is 453 g/mol. The van der Waals surface area contributed by atoms with Gasteiger partial charge in [-0.15, -0.1) is 0 Å². The van der Waals surface area contributed by atoms with E-state index in [4.69, 9.17) is 4.74 Å². The molecule has 3 aromatic rings. The van der Waals surface area contributed by atoms with Crippen molar-refractivity contribution in [3.8, 4) is 23.1 Å². The first kappa shape index (κ1) is 21.8. The Hall–Kier alpha value is -2.43. The van der Waals surface area contributed by atoms with Crippen LogP contribution in [-0.2, 0) is 10.8 Å². The van der Waals surface area contributed by atoms with Gasteiger partial charge < -0.3 is 14.0 Å². The molecule has 0 amide bonds.